The Kier molecular flexibility index (Phi) is 7.62. The van der Waals surface area contributed by atoms with E-state index in [1.807, 2.05) is 0 Å². The number of rotatable bonds is 8. The number of nitro groups is 2. The third kappa shape index (κ3) is 5.94. The molecule has 0 saturated heterocycles. The second-order valence-corrected chi connectivity index (χ2v) is 8.05. The van der Waals surface area contributed by atoms with E-state index in [9.17, 15) is 20.2 Å². The molecule has 32 heavy (non-hydrogen) atoms. The van der Waals surface area contributed by atoms with E-state index in [4.69, 9.17) is 27.9 Å². The van der Waals surface area contributed by atoms with Crippen LogP contribution in [0.2, 0.25) is 10.0 Å². The fourth-order valence-corrected chi connectivity index (χ4v) is 3.44. The van der Waals surface area contributed by atoms with Crippen LogP contribution in [0.3, 0.4) is 0 Å². The average Bonchev–Trinajstić information content (AvgIpc) is 2.74. The highest BCUT2D eigenvalue weighted by Crippen LogP contribution is 2.29. The monoisotopic (exact) mass is 538 g/mol. The summed E-state index contributed by atoms with van der Waals surface area (Å²) in [5, 5.41) is 27.1. The van der Waals surface area contributed by atoms with Gasteiger partial charge in [-0.3, -0.25) is 25.7 Å². The lowest BCUT2D eigenvalue weighted by molar-refractivity contribution is -0.393. The number of hydrogen-bond donors (Lipinski definition) is 1. The number of nitro benzene ring substituents is 2. The maximum atomic E-state index is 11.2. The largest absolute Gasteiger partial charge is 0.488 e. The van der Waals surface area contributed by atoms with Crippen molar-refractivity contribution in [2.24, 2.45) is 5.10 Å². The summed E-state index contributed by atoms with van der Waals surface area (Å²) in [6, 6.07) is 13.6. The molecular formula is C20H13BrCl2N4O5. The summed E-state index contributed by atoms with van der Waals surface area (Å²) in [7, 11) is 0. The lowest BCUT2D eigenvalue weighted by atomic mass is 10.2. The van der Waals surface area contributed by atoms with E-state index in [0.29, 0.717) is 21.4 Å². The van der Waals surface area contributed by atoms with Gasteiger partial charge in [-0.2, -0.15) is 5.10 Å². The molecule has 0 atom stereocenters. The van der Waals surface area contributed by atoms with Crippen molar-refractivity contribution in [3.05, 3.63) is 100 Å². The number of non-ortho nitro benzene ring substituents is 1. The van der Waals surface area contributed by atoms with Crippen LogP contribution in [-0.2, 0) is 6.61 Å². The first kappa shape index (κ1) is 23.5. The second kappa shape index (κ2) is 10.4. The smallest absolute Gasteiger partial charge is 0.301 e. The van der Waals surface area contributed by atoms with Crippen molar-refractivity contribution in [1.29, 1.82) is 0 Å². The molecule has 0 bridgehead atoms. The Balaban J connectivity index is 1.79. The summed E-state index contributed by atoms with van der Waals surface area (Å²) in [5.74, 6) is 0.489. The first-order chi connectivity index (χ1) is 15.2. The Bertz CT molecular complexity index is 1220. The Morgan fingerprint density at radius 3 is 2.50 bits per heavy atom. The zero-order valence-corrected chi connectivity index (χ0v) is 19.1. The van der Waals surface area contributed by atoms with Crippen LogP contribution in [0.15, 0.2) is 64.2 Å². The topological polar surface area (TPSA) is 120 Å². The summed E-state index contributed by atoms with van der Waals surface area (Å²) in [5.41, 5.74) is 2.99. The molecule has 0 fully saturated rings. The molecule has 0 heterocycles. The summed E-state index contributed by atoms with van der Waals surface area (Å²) >= 11 is 15.5. The van der Waals surface area contributed by atoms with Gasteiger partial charge >= 0.3 is 5.69 Å². The van der Waals surface area contributed by atoms with E-state index >= 15 is 0 Å². The maximum absolute atomic E-state index is 11.2. The van der Waals surface area contributed by atoms with Crippen molar-refractivity contribution in [3.8, 4) is 5.75 Å². The van der Waals surface area contributed by atoms with E-state index in [2.05, 4.69) is 26.5 Å². The van der Waals surface area contributed by atoms with Gasteiger partial charge in [0.15, 0.2) is 0 Å². The van der Waals surface area contributed by atoms with Crippen LogP contribution in [0.1, 0.15) is 11.1 Å². The van der Waals surface area contributed by atoms with Crippen molar-refractivity contribution in [2.75, 3.05) is 5.43 Å². The van der Waals surface area contributed by atoms with Gasteiger partial charge in [-0.15, -0.1) is 0 Å². The molecule has 3 rings (SSSR count). The van der Waals surface area contributed by atoms with E-state index in [1.165, 1.54) is 12.3 Å². The Morgan fingerprint density at radius 1 is 1.03 bits per heavy atom. The molecule has 1 N–H and O–H groups in total. The van der Waals surface area contributed by atoms with Crippen LogP contribution in [0.25, 0.3) is 0 Å². The van der Waals surface area contributed by atoms with Gasteiger partial charge in [0.1, 0.15) is 18.0 Å². The van der Waals surface area contributed by atoms with E-state index in [1.54, 1.807) is 36.4 Å². The molecule has 0 aliphatic heterocycles. The molecule has 0 spiro atoms. The predicted molar refractivity (Wildman–Crippen MR) is 126 cm³/mol. The molecule has 164 valence electrons. The third-order valence-electron chi connectivity index (χ3n) is 4.15. The highest BCUT2D eigenvalue weighted by atomic mass is 79.9. The number of ether oxygens (including phenoxy) is 1. The highest BCUT2D eigenvalue weighted by Gasteiger charge is 2.19. The highest BCUT2D eigenvalue weighted by molar-refractivity contribution is 9.10. The number of anilines is 1. The molecule has 0 aromatic heterocycles. The molecular weight excluding hydrogens is 527 g/mol. The minimum atomic E-state index is -0.728. The van der Waals surface area contributed by atoms with E-state index in [-0.39, 0.29) is 12.3 Å². The zero-order valence-electron chi connectivity index (χ0n) is 16.0. The van der Waals surface area contributed by atoms with Crippen molar-refractivity contribution < 1.29 is 14.6 Å². The molecule has 12 heteroatoms. The molecule has 9 nitrogen and oxygen atoms in total. The minimum Gasteiger partial charge on any atom is -0.488 e. The quantitative estimate of drug-likeness (QED) is 0.195. The van der Waals surface area contributed by atoms with Gasteiger partial charge in [-0.25, -0.2) is 0 Å². The van der Waals surface area contributed by atoms with Crippen LogP contribution in [0.4, 0.5) is 17.1 Å². The van der Waals surface area contributed by atoms with Gasteiger partial charge in [0.25, 0.3) is 5.69 Å². The summed E-state index contributed by atoms with van der Waals surface area (Å²) in [4.78, 5) is 20.7. The van der Waals surface area contributed by atoms with Crippen molar-refractivity contribution in [1.82, 2.24) is 0 Å². The molecule has 0 aliphatic carbocycles. The van der Waals surface area contributed by atoms with Gasteiger partial charge in [0, 0.05) is 31.7 Å². The molecule has 3 aromatic carbocycles. The molecule has 0 amide bonds. The Morgan fingerprint density at radius 2 is 1.81 bits per heavy atom. The van der Waals surface area contributed by atoms with Crippen molar-refractivity contribution in [2.45, 2.75) is 6.61 Å². The van der Waals surface area contributed by atoms with Crippen LogP contribution >= 0.6 is 39.1 Å². The molecule has 0 radical (unpaired) electrons. The SMILES string of the molecule is O=[N+]([O-])c1ccc(N/N=C/c2cc(Br)ccc2OCc2ccc(Cl)cc2Cl)c([N+](=O)[O-])c1. The Hall–Kier alpha value is -3.21. The number of nitrogens with one attached hydrogen (secondary N) is 1. The van der Waals surface area contributed by atoms with Crippen LogP contribution in [0.5, 0.6) is 5.75 Å². The van der Waals surface area contributed by atoms with Crippen molar-refractivity contribution >= 4 is 62.4 Å². The number of benzene rings is 3. The lowest BCUT2D eigenvalue weighted by Crippen LogP contribution is -2.01. The lowest BCUT2D eigenvalue weighted by Gasteiger charge is -2.11. The first-order valence-electron chi connectivity index (χ1n) is 8.83. The Labute approximate surface area is 200 Å². The number of nitrogens with zero attached hydrogens (tertiary/aromatic N) is 3. The predicted octanol–water partition coefficient (Wildman–Crippen LogP) is 6.60. The molecule has 0 saturated carbocycles. The molecule has 0 unspecified atom stereocenters. The van der Waals surface area contributed by atoms with Gasteiger partial charge in [0.05, 0.1) is 22.1 Å². The van der Waals surface area contributed by atoms with Crippen LogP contribution < -0.4 is 10.2 Å². The number of halogens is 3. The zero-order chi connectivity index (χ0) is 23.3. The molecule has 3 aromatic rings. The average molecular weight is 540 g/mol. The van der Waals surface area contributed by atoms with E-state index < -0.39 is 21.2 Å². The van der Waals surface area contributed by atoms with Gasteiger partial charge < -0.3 is 4.74 Å². The summed E-state index contributed by atoms with van der Waals surface area (Å²) < 4.78 is 6.62. The standard InChI is InChI=1S/C20H13BrCl2N4O5/c21-14-2-6-20(32-11-12-1-3-15(22)8-17(12)23)13(7-14)10-24-25-18-5-4-16(26(28)29)9-19(18)27(30)31/h1-10,25H,11H2/b24-10+. The number of hydrogen-bond acceptors (Lipinski definition) is 7. The number of hydrazone groups is 1. The fraction of sp³-hybridized carbons (Fsp3) is 0.0500. The van der Waals surface area contributed by atoms with Gasteiger partial charge in [-0.1, -0.05) is 45.2 Å². The maximum Gasteiger partial charge on any atom is 0.301 e. The second-order valence-electron chi connectivity index (χ2n) is 6.29. The van der Waals surface area contributed by atoms with Crippen LogP contribution in [-0.4, -0.2) is 16.1 Å². The van der Waals surface area contributed by atoms with E-state index in [0.717, 1.165) is 22.2 Å². The van der Waals surface area contributed by atoms with Gasteiger partial charge in [0.2, 0.25) is 0 Å². The molecule has 0 aliphatic rings. The summed E-state index contributed by atoms with van der Waals surface area (Å²) in [6.45, 7) is 0.180. The third-order valence-corrected chi connectivity index (χ3v) is 5.23. The fourth-order valence-electron chi connectivity index (χ4n) is 2.60. The van der Waals surface area contributed by atoms with Gasteiger partial charge in [-0.05, 0) is 36.4 Å². The van der Waals surface area contributed by atoms with Crippen molar-refractivity contribution in [3.63, 3.8) is 0 Å². The first-order valence-corrected chi connectivity index (χ1v) is 10.4. The van der Waals surface area contributed by atoms with Crippen LogP contribution in [0, 0.1) is 20.2 Å². The normalized spacial score (nSPS) is 10.8. The minimum absolute atomic E-state index is 0.00209. The summed E-state index contributed by atoms with van der Waals surface area (Å²) in [6.07, 6.45) is 1.41.